The van der Waals surface area contributed by atoms with E-state index in [1.165, 1.54) is 28.8 Å². The molecular weight excluding hydrogens is 424 g/mol. The van der Waals surface area contributed by atoms with E-state index in [2.05, 4.69) is 46.2 Å². The van der Waals surface area contributed by atoms with Gasteiger partial charge in [-0.3, -0.25) is 14.6 Å². The van der Waals surface area contributed by atoms with Gasteiger partial charge in [0.1, 0.15) is 5.54 Å². The van der Waals surface area contributed by atoms with Crippen molar-refractivity contribution in [3.05, 3.63) is 65.2 Å². The molecule has 6 rings (SSSR count). The summed E-state index contributed by atoms with van der Waals surface area (Å²) in [6.07, 6.45) is 4.28. The standard InChI is InChI=1S/C28H34N4O2/c1-2-31-27(34)32(25-18-22-6-3-4-7-23(22)19-25)26(33)28(31)12-16-29(17-13-28)20-21-8-10-24(11-9-21)30-14-5-15-30/h3-4,6-11,25H,2,5,12-20H2,1H3. The highest BCUT2D eigenvalue weighted by Gasteiger charge is 2.59. The molecule has 6 nitrogen and oxygen atoms in total. The van der Waals surface area contributed by atoms with Crippen molar-refractivity contribution in [3.8, 4) is 0 Å². The maximum Gasteiger partial charge on any atom is 0.327 e. The van der Waals surface area contributed by atoms with Crippen LogP contribution in [-0.4, -0.2) is 70.9 Å². The van der Waals surface area contributed by atoms with Crippen molar-refractivity contribution < 1.29 is 9.59 Å². The fourth-order valence-electron chi connectivity index (χ4n) is 6.43. The number of amides is 3. The lowest BCUT2D eigenvalue weighted by molar-refractivity contribution is -0.137. The number of anilines is 1. The van der Waals surface area contributed by atoms with Crippen LogP contribution in [0.1, 0.15) is 42.9 Å². The lowest BCUT2D eigenvalue weighted by Gasteiger charge is -2.42. The molecule has 3 saturated heterocycles. The fraction of sp³-hybridized carbons (Fsp3) is 0.500. The van der Waals surface area contributed by atoms with Crippen molar-refractivity contribution in [1.82, 2.24) is 14.7 Å². The van der Waals surface area contributed by atoms with E-state index >= 15 is 0 Å². The number of likely N-dealkylation sites (N-methyl/N-ethyl adjacent to an activating group) is 1. The summed E-state index contributed by atoms with van der Waals surface area (Å²) >= 11 is 0. The second kappa shape index (κ2) is 8.42. The maximum absolute atomic E-state index is 13.8. The van der Waals surface area contributed by atoms with E-state index in [1.54, 1.807) is 4.90 Å². The Morgan fingerprint density at radius 2 is 1.53 bits per heavy atom. The lowest BCUT2D eigenvalue weighted by Crippen LogP contribution is -2.56. The summed E-state index contributed by atoms with van der Waals surface area (Å²) in [4.78, 5) is 35.6. The van der Waals surface area contributed by atoms with Gasteiger partial charge in [-0.1, -0.05) is 36.4 Å². The molecule has 2 aromatic carbocycles. The van der Waals surface area contributed by atoms with Crippen molar-refractivity contribution in [2.45, 2.75) is 57.2 Å². The summed E-state index contributed by atoms with van der Waals surface area (Å²) in [5, 5.41) is 0. The fourth-order valence-corrected chi connectivity index (χ4v) is 6.43. The van der Waals surface area contributed by atoms with Crippen LogP contribution in [-0.2, 0) is 24.2 Å². The van der Waals surface area contributed by atoms with Crippen LogP contribution in [0.25, 0.3) is 0 Å². The third kappa shape index (κ3) is 3.42. The van der Waals surface area contributed by atoms with E-state index in [-0.39, 0.29) is 18.0 Å². The number of carbonyl (C=O) groups excluding carboxylic acids is 2. The van der Waals surface area contributed by atoms with Gasteiger partial charge in [-0.15, -0.1) is 0 Å². The molecule has 0 saturated carbocycles. The number of fused-ring (bicyclic) bond motifs is 1. The summed E-state index contributed by atoms with van der Waals surface area (Å²) < 4.78 is 0. The van der Waals surface area contributed by atoms with Gasteiger partial charge in [0.15, 0.2) is 0 Å². The van der Waals surface area contributed by atoms with Crippen molar-refractivity contribution >= 4 is 17.6 Å². The van der Waals surface area contributed by atoms with Crippen LogP contribution in [0.3, 0.4) is 0 Å². The topological polar surface area (TPSA) is 47.1 Å². The first kappa shape index (κ1) is 21.7. The van der Waals surface area contributed by atoms with E-state index in [4.69, 9.17) is 0 Å². The Balaban J connectivity index is 1.13. The Bertz CT molecular complexity index is 1060. The number of carbonyl (C=O) groups is 2. The largest absolute Gasteiger partial charge is 0.371 e. The molecule has 1 spiro atoms. The van der Waals surface area contributed by atoms with E-state index in [9.17, 15) is 9.59 Å². The predicted octanol–water partition coefficient (Wildman–Crippen LogP) is 3.68. The molecule has 4 aliphatic rings. The van der Waals surface area contributed by atoms with E-state index in [1.807, 2.05) is 24.0 Å². The van der Waals surface area contributed by atoms with Crippen LogP contribution in [0.15, 0.2) is 48.5 Å². The molecule has 1 aliphatic carbocycles. The Labute approximate surface area is 202 Å². The molecule has 6 heteroatoms. The van der Waals surface area contributed by atoms with Crippen LogP contribution < -0.4 is 4.90 Å². The van der Waals surface area contributed by atoms with E-state index in [0.29, 0.717) is 19.4 Å². The maximum atomic E-state index is 13.8. The minimum absolute atomic E-state index is 0.0377. The van der Waals surface area contributed by atoms with Crippen LogP contribution in [0.2, 0.25) is 0 Å². The average molecular weight is 459 g/mol. The van der Waals surface area contributed by atoms with E-state index < -0.39 is 5.54 Å². The number of hydrogen-bond acceptors (Lipinski definition) is 4. The third-order valence-corrected chi connectivity index (χ3v) is 8.53. The van der Waals surface area contributed by atoms with Crippen LogP contribution in [0, 0.1) is 0 Å². The smallest absolute Gasteiger partial charge is 0.327 e. The van der Waals surface area contributed by atoms with Crippen molar-refractivity contribution in [2.24, 2.45) is 0 Å². The molecule has 2 aromatic rings. The Morgan fingerprint density at radius 1 is 0.882 bits per heavy atom. The molecule has 34 heavy (non-hydrogen) atoms. The van der Waals surface area contributed by atoms with Gasteiger partial charge >= 0.3 is 6.03 Å². The quantitative estimate of drug-likeness (QED) is 0.642. The van der Waals surface area contributed by atoms with Crippen LogP contribution >= 0.6 is 0 Å². The SMILES string of the molecule is CCN1C(=O)N(C2Cc3ccccc3C2)C(=O)C12CCN(Cc1ccc(N3CCC3)cc1)CC2. The van der Waals surface area contributed by atoms with Gasteiger partial charge in [0, 0.05) is 51.0 Å². The molecule has 0 bridgehead atoms. The number of nitrogens with zero attached hydrogens (tertiary/aromatic N) is 4. The first-order chi connectivity index (χ1) is 16.6. The molecule has 0 atom stereocenters. The Morgan fingerprint density at radius 3 is 2.09 bits per heavy atom. The highest BCUT2D eigenvalue weighted by Crippen LogP contribution is 2.40. The van der Waals surface area contributed by atoms with Crippen LogP contribution in [0.5, 0.6) is 0 Å². The number of likely N-dealkylation sites (tertiary alicyclic amines) is 1. The molecule has 3 fully saturated rings. The number of imide groups is 1. The lowest BCUT2D eigenvalue weighted by atomic mass is 9.85. The second-order valence-corrected chi connectivity index (χ2v) is 10.3. The highest BCUT2D eigenvalue weighted by atomic mass is 16.2. The molecule has 3 amide bonds. The van der Waals surface area contributed by atoms with Gasteiger partial charge in [-0.25, -0.2) is 4.79 Å². The zero-order chi connectivity index (χ0) is 23.3. The zero-order valence-corrected chi connectivity index (χ0v) is 20.1. The van der Waals surface area contributed by atoms with Gasteiger partial charge < -0.3 is 9.80 Å². The van der Waals surface area contributed by atoms with Gasteiger partial charge in [-0.05, 0) is 67.9 Å². The molecule has 3 heterocycles. The molecule has 3 aliphatic heterocycles. The zero-order valence-electron chi connectivity index (χ0n) is 20.1. The summed E-state index contributed by atoms with van der Waals surface area (Å²) in [6, 6.07) is 17.1. The van der Waals surface area contributed by atoms with Crippen molar-refractivity contribution in [2.75, 3.05) is 37.6 Å². The van der Waals surface area contributed by atoms with Crippen molar-refractivity contribution in [3.63, 3.8) is 0 Å². The second-order valence-electron chi connectivity index (χ2n) is 10.3. The minimum atomic E-state index is -0.668. The number of piperidine rings is 1. The average Bonchev–Trinajstić information content (AvgIpc) is 3.32. The monoisotopic (exact) mass is 458 g/mol. The number of hydrogen-bond donors (Lipinski definition) is 0. The van der Waals surface area contributed by atoms with Gasteiger partial charge in [-0.2, -0.15) is 0 Å². The summed E-state index contributed by atoms with van der Waals surface area (Å²) in [5.74, 6) is 0.0377. The van der Waals surface area contributed by atoms with Gasteiger partial charge in [0.25, 0.3) is 5.91 Å². The number of benzene rings is 2. The van der Waals surface area contributed by atoms with Gasteiger partial charge in [0.2, 0.25) is 0 Å². The normalized spacial score (nSPS) is 22.6. The van der Waals surface area contributed by atoms with Gasteiger partial charge in [0.05, 0.1) is 0 Å². The molecule has 0 N–H and O–H groups in total. The molecule has 0 radical (unpaired) electrons. The first-order valence-electron chi connectivity index (χ1n) is 12.9. The first-order valence-corrected chi connectivity index (χ1v) is 12.9. The number of urea groups is 1. The highest BCUT2D eigenvalue weighted by molar-refractivity contribution is 6.07. The van der Waals surface area contributed by atoms with E-state index in [0.717, 1.165) is 45.6 Å². The summed E-state index contributed by atoms with van der Waals surface area (Å²) in [6.45, 7) is 7.48. The van der Waals surface area contributed by atoms with Crippen molar-refractivity contribution in [1.29, 1.82) is 0 Å². The predicted molar refractivity (Wildman–Crippen MR) is 133 cm³/mol. The van der Waals surface area contributed by atoms with Crippen LogP contribution in [0.4, 0.5) is 10.5 Å². The Hall–Kier alpha value is -2.86. The molecule has 178 valence electrons. The molecular formula is C28H34N4O2. The summed E-state index contributed by atoms with van der Waals surface area (Å²) in [7, 11) is 0. The number of rotatable bonds is 5. The molecule has 0 unspecified atom stereocenters. The third-order valence-electron chi connectivity index (χ3n) is 8.53. The molecule has 0 aromatic heterocycles. The minimum Gasteiger partial charge on any atom is -0.371 e. The summed E-state index contributed by atoms with van der Waals surface area (Å²) in [5.41, 5.74) is 4.50. The Kier molecular flexibility index (Phi) is 5.36.